The Morgan fingerprint density at radius 1 is 1.58 bits per heavy atom. The van der Waals surface area contributed by atoms with E-state index < -0.39 is 0 Å². The van der Waals surface area contributed by atoms with E-state index in [-0.39, 0.29) is 5.91 Å². The van der Waals surface area contributed by atoms with Gasteiger partial charge in [0.1, 0.15) is 5.69 Å². The molecule has 6 nitrogen and oxygen atoms in total. The van der Waals surface area contributed by atoms with E-state index in [0.717, 1.165) is 9.26 Å². The molecule has 2 aromatic heterocycles. The van der Waals surface area contributed by atoms with E-state index >= 15 is 0 Å². The fourth-order valence-corrected chi connectivity index (χ4v) is 2.42. The molecule has 2 rings (SSSR count). The molecule has 0 aliphatic carbocycles. The van der Waals surface area contributed by atoms with E-state index in [1.54, 1.807) is 29.0 Å². The molecule has 19 heavy (non-hydrogen) atoms. The van der Waals surface area contributed by atoms with Gasteiger partial charge >= 0.3 is 0 Å². The summed E-state index contributed by atoms with van der Waals surface area (Å²) in [5.41, 5.74) is 1.32. The lowest BCUT2D eigenvalue weighted by Gasteiger charge is -2.17. The summed E-state index contributed by atoms with van der Waals surface area (Å²) >= 11 is 8.16. The van der Waals surface area contributed by atoms with E-state index in [1.165, 1.54) is 0 Å². The van der Waals surface area contributed by atoms with Crippen LogP contribution in [0.4, 0.5) is 0 Å². The minimum absolute atomic E-state index is 0.123. The molecule has 0 bridgehead atoms. The number of hydrogen-bond donors (Lipinski definition) is 1. The third-order valence-corrected chi connectivity index (χ3v) is 3.87. The molecule has 0 spiro atoms. The van der Waals surface area contributed by atoms with Crippen molar-refractivity contribution in [3.05, 3.63) is 32.4 Å². The number of hydrogen-bond acceptors (Lipinski definition) is 3. The maximum absolute atomic E-state index is 12.2. The second-order valence-corrected chi connectivity index (χ2v) is 5.58. The van der Waals surface area contributed by atoms with E-state index in [1.807, 2.05) is 6.92 Å². The van der Waals surface area contributed by atoms with Gasteiger partial charge in [-0.1, -0.05) is 11.6 Å². The van der Waals surface area contributed by atoms with Gasteiger partial charge in [0.2, 0.25) is 0 Å². The van der Waals surface area contributed by atoms with Crippen molar-refractivity contribution < 1.29 is 4.79 Å². The van der Waals surface area contributed by atoms with Crippen LogP contribution in [0, 0.1) is 3.57 Å². The second-order valence-electron chi connectivity index (χ2n) is 4.01. The first-order valence-electron chi connectivity index (χ1n) is 5.69. The van der Waals surface area contributed by atoms with Crippen LogP contribution in [0.25, 0.3) is 0 Å². The van der Waals surface area contributed by atoms with E-state index in [9.17, 15) is 4.79 Å². The SMILES string of the molecule is CCn1ncc(Cl)c1CN(C)C(=O)c1[nH]ncc1I. The van der Waals surface area contributed by atoms with Crippen molar-refractivity contribution in [2.75, 3.05) is 7.05 Å². The quantitative estimate of drug-likeness (QED) is 0.810. The molecule has 8 heteroatoms. The Labute approximate surface area is 129 Å². The largest absolute Gasteiger partial charge is 0.334 e. The lowest BCUT2D eigenvalue weighted by Crippen LogP contribution is -2.28. The molecule has 0 fully saturated rings. The number of aromatic amines is 1. The molecule has 0 radical (unpaired) electrons. The summed E-state index contributed by atoms with van der Waals surface area (Å²) in [7, 11) is 1.72. The Kier molecular flexibility index (Phi) is 4.46. The van der Waals surface area contributed by atoms with Crippen LogP contribution in [0.3, 0.4) is 0 Å². The molecular formula is C11H13ClIN5O. The number of aryl methyl sites for hydroxylation is 1. The highest BCUT2D eigenvalue weighted by Crippen LogP contribution is 2.18. The molecule has 0 atom stereocenters. The monoisotopic (exact) mass is 393 g/mol. The maximum atomic E-state index is 12.2. The number of halogens is 2. The molecule has 0 aromatic carbocycles. The molecule has 0 saturated carbocycles. The minimum Gasteiger partial charge on any atom is -0.334 e. The molecule has 1 N–H and O–H groups in total. The number of aromatic nitrogens is 4. The van der Waals surface area contributed by atoms with Crippen molar-refractivity contribution >= 4 is 40.1 Å². The second kappa shape index (κ2) is 5.91. The third kappa shape index (κ3) is 2.92. The van der Waals surface area contributed by atoms with Crippen LogP contribution in [0.1, 0.15) is 23.1 Å². The molecular weight excluding hydrogens is 381 g/mol. The number of amides is 1. The van der Waals surface area contributed by atoms with Crippen LogP contribution in [0.15, 0.2) is 12.4 Å². The molecule has 0 saturated heterocycles. The average molecular weight is 394 g/mol. The Bertz CT molecular complexity index is 594. The zero-order chi connectivity index (χ0) is 14.0. The molecule has 2 aromatic rings. The topological polar surface area (TPSA) is 66.8 Å². The average Bonchev–Trinajstić information content (AvgIpc) is 2.96. The van der Waals surface area contributed by atoms with Crippen LogP contribution in [0.5, 0.6) is 0 Å². The van der Waals surface area contributed by atoms with Gasteiger partial charge in [0, 0.05) is 13.6 Å². The fourth-order valence-electron chi connectivity index (χ4n) is 1.73. The molecule has 102 valence electrons. The Balaban J connectivity index is 2.17. The molecule has 2 heterocycles. The summed E-state index contributed by atoms with van der Waals surface area (Å²) in [6, 6.07) is 0. The summed E-state index contributed by atoms with van der Waals surface area (Å²) in [6.07, 6.45) is 3.21. The predicted octanol–water partition coefficient (Wildman–Crippen LogP) is 2.16. The molecule has 0 unspecified atom stereocenters. The summed E-state index contributed by atoms with van der Waals surface area (Å²) in [4.78, 5) is 13.8. The summed E-state index contributed by atoms with van der Waals surface area (Å²) in [6.45, 7) is 3.10. The molecule has 1 amide bonds. The van der Waals surface area contributed by atoms with Crippen LogP contribution >= 0.6 is 34.2 Å². The summed E-state index contributed by atoms with van der Waals surface area (Å²) in [5.74, 6) is -0.123. The smallest absolute Gasteiger partial charge is 0.273 e. The lowest BCUT2D eigenvalue weighted by molar-refractivity contribution is 0.0774. The number of nitrogens with zero attached hydrogens (tertiary/aromatic N) is 4. The van der Waals surface area contributed by atoms with Crippen molar-refractivity contribution in [3.8, 4) is 0 Å². The molecule has 0 aliphatic heterocycles. The van der Waals surface area contributed by atoms with Gasteiger partial charge in [0.05, 0.1) is 33.2 Å². The van der Waals surface area contributed by atoms with Gasteiger partial charge in [0.25, 0.3) is 5.91 Å². The van der Waals surface area contributed by atoms with Crippen molar-refractivity contribution in [3.63, 3.8) is 0 Å². The highest BCUT2D eigenvalue weighted by atomic mass is 127. The first kappa shape index (κ1) is 14.3. The number of H-pyrrole nitrogens is 1. The van der Waals surface area contributed by atoms with E-state index in [0.29, 0.717) is 23.8 Å². The summed E-state index contributed by atoms with van der Waals surface area (Å²) in [5, 5.41) is 11.3. The number of carbonyl (C=O) groups is 1. The van der Waals surface area contributed by atoms with Crippen molar-refractivity contribution in [1.82, 2.24) is 24.9 Å². The Hall–Kier alpha value is -1.09. The minimum atomic E-state index is -0.123. The van der Waals surface area contributed by atoms with Crippen LogP contribution < -0.4 is 0 Å². The predicted molar refractivity (Wildman–Crippen MR) is 80.0 cm³/mol. The van der Waals surface area contributed by atoms with Crippen LogP contribution in [-0.4, -0.2) is 37.8 Å². The zero-order valence-electron chi connectivity index (χ0n) is 10.5. The zero-order valence-corrected chi connectivity index (χ0v) is 13.4. The van der Waals surface area contributed by atoms with Gasteiger partial charge in [-0.2, -0.15) is 10.2 Å². The fraction of sp³-hybridized carbons (Fsp3) is 0.364. The van der Waals surface area contributed by atoms with Gasteiger partial charge < -0.3 is 4.90 Å². The van der Waals surface area contributed by atoms with E-state index in [4.69, 9.17) is 11.6 Å². The van der Waals surface area contributed by atoms with Crippen molar-refractivity contribution in [2.24, 2.45) is 0 Å². The number of carbonyl (C=O) groups excluding carboxylic acids is 1. The van der Waals surface area contributed by atoms with Gasteiger partial charge in [-0.3, -0.25) is 14.6 Å². The Morgan fingerprint density at radius 2 is 2.32 bits per heavy atom. The third-order valence-electron chi connectivity index (χ3n) is 2.74. The van der Waals surface area contributed by atoms with Gasteiger partial charge in [-0.15, -0.1) is 0 Å². The lowest BCUT2D eigenvalue weighted by atomic mass is 10.3. The van der Waals surface area contributed by atoms with Crippen molar-refractivity contribution in [2.45, 2.75) is 20.0 Å². The molecule has 0 aliphatic rings. The standard InChI is InChI=1S/C11H13ClIN5O/c1-3-18-9(7(12)4-15-18)6-17(2)11(19)10-8(13)5-14-16-10/h4-5H,3,6H2,1-2H3,(H,14,16). The van der Waals surface area contributed by atoms with Gasteiger partial charge in [0.15, 0.2) is 0 Å². The van der Waals surface area contributed by atoms with Crippen LogP contribution in [0.2, 0.25) is 5.02 Å². The highest BCUT2D eigenvalue weighted by molar-refractivity contribution is 14.1. The van der Waals surface area contributed by atoms with Crippen molar-refractivity contribution in [1.29, 1.82) is 0 Å². The van der Waals surface area contributed by atoms with Gasteiger partial charge in [-0.05, 0) is 29.5 Å². The first-order chi connectivity index (χ1) is 9.04. The van der Waals surface area contributed by atoms with E-state index in [2.05, 4.69) is 37.9 Å². The van der Waals surface area contributed by atoms with Gasteiger partial charge in [-0.25, -0.2) is 0 Å². The number of rotatable bonds is 4. The first-order valence-corrected chi connectivity index (χ1v) is 7.14. The number of nitrogens with one attached hydrogen (secondary N) is 1. The highest BCUT2D eigenvalue weighted by Gasteiger charge is 2.19. The Morgan fingerprint density at radius 3 is 2.89 bits per heavy atom. The maximum Gasteiger partial charge on any atom is 0.273 e. The van der Waals surface area contributed by atoms with Crippen LogP contribution in [-0.2, 0) is 13.1 Å². The normalized spacial score (nSPS) is 10.7. The summed E-state index contributed by atoms with van der Waals surface area (Å²) < 4.78 is 2.58.